The molecule has 0 fully saturated rings. The van der Waals surface area contributed by atoms with Crippen LogP contribution in [0.1, 0.15) is 11.4 Å². The summed E-state index contributed by atoms with van der Waals surface area (Å²) >= 11 is 3.49. The normalized spacial score (nSPS) is 13.1. The van der Waals surface area contributed by atoms with Gasteiger partial charge in [0.25, 0.3) is 0 Å². The number of hydrogen-bond donors (Lipinski definition) is 2. The number of methoxy groups -OCH3 is 1. The second-order valence-corrected chi connectivity index (χ2v) is 4.50. The molecule has 1 heterocycles. The summed E-state index contributed by atoms with van der Waals surface area (Å²) in [6, 6.07) is 0. The molecule has 16 heavy (non-hydrogen) atoms. The van der Waals surface area contributed by atoms with Crippen molar-refractivity contribution in [1.29, 1.82) is 0 Å². The van der Waals surface area contributed by atoms with Crippen molar-refractivity contribution in [2.75, 3.05) is 20.3 Å². The molecule has 1 aromatic heterocycles. The van der Waals surface area contributed by atoms with Gasteiger partial charge in [-0.3, -0.25) is 4.68 Å². The third kappa shape index (κ3) is 3.55. The molecule has 0 aromatic carbocycles. The zero-order valence-corrected chi connectivity index (χ0v) is 11.4. The molecule has 0 radical (unpaired) electrons. The van der Waals surface area contributed by atoms with E-state index in [4.69, 9.17) is 4.74 Å². The summed E-state index contributed by atoms with van der Waals surface area (Å²) in [6.07, 6.45) is -0.474. The highest BCUT2D eigenvalue weighted by atomic mass is 79.9. The summed E-state index contributed by atoms with van der Waals surface area (Å²) in [5, 5.41) is 16.9. The first-order valence-electron chi connectivity index (χ1n) is 5.12. The first-order valence-corrected chi connectivity index (χ1v) is 5.91. The Morgan fingerprint density at radius 1 is 1.62 bits per heavy atom. The molecule has 0 aliphatic heterocycles. The smallest absolute Gasteiger partial charge is 0.0897 e. The molecule has 6 heteroatoms. The average Bonchev–Trinajstić information content (AvgIpc) is 2.45. The van der Waals surface area contributed by atoms with Crippen LogP contribution in [-0.4, -0.2) is 41.3 Å². The number of hydrogen-bond acceptors (Lipinski definition) is 4. The van der Waals surface area contributed by atoms with Gasteiger partial charge < -0.3 is 15.2 Å². The SMILES string of the molecule is COCC(O)CNCc1c(Br)c(C)nn1C. The highest BCUT2D eigenvalue weighted by Gasteiger charge is 2.10. The lowest BCUT2D eigenvalue weighted by Crippen LogP contribution is -2.30. The lowest BCUT2D eigenvalue weighted by atomic mass is 10.3. The third-order valence-electron chi connectivity index (χ3n) is 2.29. The standard InChI is InChI=1S/C10H18BrN3O2/c1-7-10(11)9(14(2)13-7)5-12-4-8(15)6-16-3/h8,12,15H,4-6H2,1-3H3. The summed E-state index contributed by atoms with van der Waals surface area (Å²) in [4.78, 5) is 0. The van der Waals surface area contributed by atoms with Crippen molar-refractivity contribution in [2.24, 2.45) is 7.05 Å². The van der Waals surface area contributed by atoms with Gasteiger partial charge in [0.05, 0.1) is 28.6 Å². The maximum atomic E-state index is 9.45. The topological polar surface area (TPSA) is 59.3 Å². The minimum Gasteiger partial charge on any atom is -0.389 e. The second kappa shape index (κ2) is 6.34. The van der Waals surface area contributed by atoms with Crippen LogP contribution >= 0.6 is 15.9 Å². The molecule has 0 saturated carbocycles. The predicted molar refractivity (Wildman–Crippen MR) is 65.2 cm³/mol. The van der Waals surface area contributed by atoms with Crippen LogP contribution in [-0.2, 0) is 18.3 Å². The van der Waals surface area contributed by atoms with Crippen molar-refractivity contribution < 1.29 is 9.84 Å². The number of aryl methyl sites for hydroxylation is 2. The molecule has 0 aliphatic carbocycles. The molecule has 0 aliphatic rings. The first kappa shape index (κ1) is 13.6. The Hall–Kier alpha value is -0.430. The van der Waals surface area contributed by atoms with E-state index in [0.29, 0.717) is 19.7 Å². The van der Waals surface area contributed by atoms with Gasteiger partial charge in [-0.2, -0.15) is 5.10 Å². The van der Waals surface area contributed by atoms with Crippen LogP contribution in [0.2, 0.25) is 0 Å². The molecular formula is C10H18BrN3O2. The van der Waals surface area contributed by atoms with Crippen LogP contribution in [0.5, 0.6) is 0 Å². The molecule has 1 aromatic rings. The third-order valence-corrected chi connectivity index (χ3v) is 3.32. The Morgan fingerprint density at radius 2 is 2.31 bits per heavy atom. The van der Waals surface area contributed by atoms with Crippen molar-refractivity contribution in [3.63, 3.8) is 0 Å². The average molecular weight is 292 g/mol. The van der Waals surface area contributed by atoms with Gasteiger partial charge in [0, 0.05) is 27.2 Å². The van der Waals surface area contributed by atoms with Gasteiger partial charge >= 0.3 is 0 Å². The van der Waals surface area contributed by atoms with Crippen molar-refractivity contribution in [2.45, 2.75) is 19.6 Å². The number of ether oxygens (including phenoxy) is 1. The van der Waals surface area contributed by atoms with E-state index in [1.807, 2.05) is 18.7 Å². The van der Waals surface area contributed by atoms with Crippen LogP contribution in [0.3, 0.4) is 0 Å². The number of aliphatic hydroxyl groups excluding tert-OH is 1. The fourth-order valence-electron chi connectivity index (χ4n) is 1.48. The number of nitrogens with zero attached hydrogens (tertiary/aromatic N) is 2. The van der Waals surface area contributed by atoms with Gasteiger partial charge in [0.1, 0.15) is 0 Å². The van der Waals surface area contributed by atoms with Crippen molar-refractivity contribution in [3.05, 3.63) is 15.9 Å². The maximum Gasteiger partial charge on any atom is 0.0897 e. The van der Waals surface area contributed by atoms with Crippen LogP contribution in [0.4, 0.5) is 0 Å². The molecule has 2 N–H and O–H groups in total. The number of halogens is 1. The first-order chi connectivity index (χ1) is 7.56. The van der Waals surface area contributed by atoms with Gasteiger partial charge in [-0.1, -0.05) is 0 Å². The van der Waals surface area contributed by atoms with E-state index in [9.17, 15) is 5.11 Å². The van der Waals surface area contributed by atoms with E-state index in [2.05, 4.69) is 26.3 Å². The minimum absolute atomic E-state index is 0.346. The van der Waals surface area contributed by atoms with Crippen LogP contribution in [0, 0.1) is 6.92 Å². The van der Waals surface area contributed by atoms with Gasteiger partial charge in [-0.05, 0) is 22.9 Å². The zero-order valence-electron chi connectivity index (χ0n) is 9.83. The molecule has 0 bridgehead atoms. The van der Waals surface area contributed by atoms with Crippen LogP contribution < -0.4 is 5.32 Å². The van der Waals surface area contributed by atoms with E-state index >= 15 is 0 Å². The molecule has 1 rings (SSSR count). The summed E-state index contributed by atoms with van der Waals surface area (Å²) in [6.45, 7) is 3.47. The fourth-order valence-corrected chi connectivity index (χ4v) is 1.96. The largest absolute Gasteiger partial charge is 0.389 e. The molecule has 1 unspecified atom stereocenters. The maximum absolute atomic E-state index is 9.45. The number of aliphatic hydroxyl groups is 1. The highest BCUT2D eigenvalue weighted by Crippen LogP contribution is 2.19. The summed E-state index contributed by atoms with van der Waals surface area (Å²) in [7, 11) is 3.48. The molecule has 0 amide bonds. The summed E-state index contributed by atoms with van der Waals surface area (Å²) < 4.78 is 7.69. The summed E-state index contributed by atoms with van der Waals surface area (Å²) in [5.41, 5.74) is 2.04. The van der Waals surface area contributed by atoms with Crippen molar-refractivity contribution >= 4 is 15.9 Å². The Bertz CT molecular complexity index is 341. The molecule has 0 saturated heterocycles. The number of rotatable bonds is 6. The van der Waals surface area contributed by atoms with E-state index < -0.39 is 6.10 Å². The zero-order chi connectivity index (χ0) is 12.1. The quantitative estimate of drug-likeness (QED) is 0.805. The van der Waals surface area contributed by atoms with Gasteiger partial charge in [0.2, 0.25) is 0 Å². The second-order valence-electron chi connectivity index (χ2n) is 3.71. The van der Waals surface area contributed by atoms with Gasteiger partial charge in [-0.15, -0.1) is 0 Å². The van der Waals surface area contributed by atoms with Crippen LogP contribution in [0.15, 0.2) is 4.47 Å². The van der Waals surface area contributed by atoms with Gasteiger partial charge in [-0.25, -0.2) is 0 Å². The minimum atomic E-state index is -0.474. The Balaban J connectivity index is 2.43. The Morgan fingerprint density at radius 3 is 2.81 bits per heavy atom. The summed E-state index contributed by atoms with van der Waals surface area (Å²) in [5.74, 6) is 0. The molecule has 5 nitrogen and oxygen atoms in total. The van der Waals surface area contributed by atoms with E-state index in [-0.39, 0.29) is 0 Å². The van der Waals surface area contributed by atoms with E-state index in [0.717, 1.165) is 15.9 Å². The Kier molecular flexibility index (Phi) is 5.40. The molecule has 0 spiro atoms. The monoisotopic (exact) mass is 291 g/mol. The number of aromatic nitrogens is 2. The Labute approximate surface area is 104 Å². The van der Waals surface area contributed by atoms with Crippen molar-refractivity contribution in [3.8, 4) is 0 Å². The lowest BCUT2D eigenvalue weighted by Gasteiger charge is -2.11. The van der Waals surface area contributed by atoms with Crippen LogP contribution in [0.25, 0.3) is 0 Å². The van der Waals surface area contributed by atoms with E-state index in [1.165, 1.54) is 0 Å². The number of nitrogens with one attached hydrogen (secondary N) is 1. The van der Waals surface area contributed by atoms with E-state index in [1.54, 1.807) is 7.11 Å². The fraction of sp³-hybridized carbons (Fsp3) is 0.700. The molecule has 92 valence electrons. The highest BCUT2D eigenvalue weighted by molar-refractivity contribution is 9.10. The van der Waals surface area contributed by atoms with Gasteiger partial charge in [0.15, 0.2) is 0 Å². The lowest BCUT2D eigenvalue weighted by molar-refractivity contribution is 0.0643. The van der Waals surface area contributed by atoms with Crippen molar-refractivity contribution in [1.82, 2.24) is 15.1 Å². The molecular weight excluding hydrogens is 274 g/mol. The molecule has 1 atom stereocenters. The predicted octanol–water partition coefficient (Wildman–Crippen LogP) is 0.588.